The van der Waals surface area contributed by atoms with Gasteiger partial charge in [0.1, 0.15) is 0 Å². The predicted molar refractivity (Wildman–Crippen MR) is 96.0 cm³/mol. The lowest BCUT2D eigenvalue weighted by Gasteiger charge is -2.27. The Morgan fingerprint density at radius 3 is 2.88 bits per heavy atom. The van der Waals surface area contributed by atoms with Gasteiger partial charge in [0, 0.05) is 54.4 Å². The van der Waals surface area contributed by atoms with E-state index in [0.29, 0.717) is 13.1 Å². The number of carboxylic acid groups (broad SMARTS) is 1. The van der Waals surface area contributed by atoms with E-state index >= 15 is 0 Å². The van der Waals surface area contributed by atoms with Crippen molar-refractivity contribution in [1.29, 1.82) is 0 Å². The number of benzene rings is 1. The van der Waals surface area contributed by atoms with E-state index < -0.39 is 5.97 Å². The zero-order chi connectivity index (χ0) is 18.3. The van der Waals surface area contributed by atoms with Crippen LogP contribution in [0.15, 0.2) is 30.5 Å². The van der Waals surface area contributed by atoms with Gasteiger partial charge in [-0.3, -0.25) is 9.48 Å². The average Bonchev–Trinajstić information content (AvgIpc) is 3.24. The normalized spacial score (nSPS) is 13.8. The van der Waals surface area contributed by atoms with Gasteiger partial charge < -0.3 is 15.0 Å². The van der Waals surface area contributed by atoms with Crippen molar-refractivity contribution in [2.75, 3.05) is 6.54 Å². The van der Waals surface area contributed by atoms with Crippen molar-refractivity contribution in [2.24, 2.45) is 0 Å². The number of rotatable bonds is 4. The number of fused-ring (bicyclic) bond motifs is 3. The van der Waals surface area contributed by atoms with Gasteiger partial charge in [-0.1, -0.05) is 0 Å². The van der Waals surface area contributed by atoms with Gasteiger partial charge in [-0.25, -0.2) is 4.79 Å². The Morgan fingerprint density at radius 2 is 2.15 bits per heavy atom. The third-order valence-corrected chi connectivity index (χ3v) is 4.93. The summed E-state index contributed by atoms with van der Waals surface area (Å²) < 4.78 is 1.81. The van der Waals surface area contributed by atoms with Crippen LogP contribution in [0.25, 0.3) is 10.9 Å². The van der Waals surface area contributed by atoms with E-state index in [1.165, 1.54) is 0 Å². The fourth-order valence-electron chi connectivity index (χ4n) is 3.50. The summed E-state index contributed by atoms with van der Waals surface area (Å²) >= 11 is 0. The van der Waals surface area contributed by atoms with Crippen molar-refractivity contribution in [3.8, 4) is 0 Å². The fourth-order valence-corrected chi connectivity index (χ4v) is 3.50. The predicted octanol–water partition coefficient (Wildman–Crippen LogP) is 2.21. The number of amides is 1. The molecule has 1 aliphatic rings. The number of aromatic amines is 1. The molecule has 0 saturated heterocycles. The highest BCUT2D eigenvalue weighted by Gasteiger charge is 2.25. The van der Waals surface area contributed by atoms with Gasteiger partial charge in [-0.15, -0.1) is 0 Å². The zero-order valence-corrected chi connectivity index (χ0v) is 14.5. The number of nitrogens with zero attached hydrogens (tertiary/aromatic N) is 3. The van der Waals surface area contributed by atoms with Gasteiger partial charge in [-0.05, 0) is 31.2 Å². The lowest BCUT2D eigenvalue weighted by molar-refractivity contribution is -0.131. The van der Waals surface area contributed by atoms with Gasteiger partial charge in [0.2, 0.25) is 5.91 Å². The van der Waals surface area contributed by atoms with Crippen LogP contribution in [-0.2, 0) is 30.7 Å². The van der Waals surface area contributed by atoms with Crippen LogP contribution in [0, 0.1) is 0 Å². The number of hydrogen-bond donors (Lipinski definition) is 2. The molecule has 2 aromatic heterocycles. The highest BCUT2D eigenvalue weighted by molar-refractivity contribution is 5.95. The molecule has 0 saturated carbocycles. The monoisotopic (exact) mass is 352 g/mol. The molecule has 0 fully saturated rings. The summed E-state index contributed by atoms with van der Waals surface area (Å²) in [6.07, 6.45) is 2.90. The third kappa shape index (κ3) is 2.85. The maximum absolute atomic E-state index is 12.7. The van der Waals surface area contributed by atoms with Crippen LogP contribution in [0.1, 0.15) is 34.2 Å². The zero-order valence-electron chi connectivity index (χ0n) is 14.5. The summed E-state index contributed by atoms with van der Waals surface area (Å²) in [7, 11) is 0. The molecule has 7 heteroatoms. The van der Waals surface area contributed by atoms with Crippen LogP contribution in [0.5, 0.6) is 0 Å². The summed E-state index contributed by atoms with van der Waals surface area (Å²) in [6.45, 7) is 3.93. The van der Waals surface area contributed by atoms with Gasteiger partial charge in [0.05, 0.1) is 17.7 Å². The second-order valence-corrected chi connectivity index (χ2v) is 6.55. The number of hydrogen-bond acceptors (Lipinski definition) is 3. The lowest BCUT2D eigenvalue weighted by Crippen LogP contribution is -2.36. The molecule has 7 nitrogen and oxygen atoms in total. The van der Waals surface area contributed by atoms with E-state index in [1.54, 1.807) is 18.2 Å². The molecule has 4 rings (SSSR count). The molecule has 1 aliphatic heterocycles. The molecule has 26 heavy (non-hydrogen) atoms. The molecule has 0 bridgehead atoms. The third-order valence-electron chi connectivity index (χ3n) is 4.93. The van der Waals surface area contributed by atoms with Crippen LogP contribution >= 0.6 is 0 Å². The SMILES string of the molecule is CCn1ccc(CC(=O)N2CCc3[nH]c4ccc(C(=O)O)cc4c3C2)n1. The van der Waals surface area contributed by atoms with Gasteiger partial charge in [0.15, 0.2) is 0 Å². The van der Waals surface area contributed by atoms with Crippen molar-refractivity contribution in [2.45, 2.75) is 32.9 Å². The minimum absolute atomic E-state index is 0.0424. The second kappa shape index (κ2) is 6.33. The summed E-state index contributed by atoms with van der Waals surface area (Å²) in [5.41, 5.74) is 4.04. The van der Waals surface area contributed by atoms with E-state index in [-0.39, 0.29) is 17.9 Å². The van der Waals surface area contributed by atoms with Crippen LogP contribution in [0.4, 0.5) is 0 Å². The van der Waals surface area contributed by atoms with E-state index in [0.717, 1.165) is 40.8 Å². The second-order valence-electron chi connectivity index (χ2n) is 6.55. The maximum atomic E-state index is 12.7. The Labute approximate surface area is 150 Å². The minimum atomic E-state index is -0.947. The standard InChI is InChI=1S/C19H20N4O3/c1-2-23-8-5-13(21-23)10-18(24)22-7-6-17-15(11-22)14-9-12(19(25)26)3-4-16(14)20-17/h3-5,8-9,20H,2,6-7,10-11H2,1H3,(H,25,26). The lowest BCUT2D eigenvalue weighted by atomic mass is 10.0. The van der Waals surface area contributed by atoms with Crippen molar-refractivity contribution in [3.05, 3.63) is 53.0 Å². The first kappa shape index (κ1) is 16.4. The molecule has 3 heterocycles. The number of carbonyl (C=O) groups is 2. The highest BCUT2D eigenvalue weighted by Crippen LogP contribution is 2.29. The van der Waals surface area contributed by atoms with E-state index in [9.17, 15) is 14.7 Å². The van der Waals surface area contributed by atoms with Crippen molar-refractivity contribution < 1.29 is 14.7 Å². The Morgan fingerprint density at radius 1 is 1.31 bits per heavy atom. The fraction of sp³-hybridized carbons (Fsp3) is 0.316. The average molecular weight is 352 g/mol. The highest BCUT2D eigenvalue weighted by atomic mass is 16.4. The number of carboxylic acids is 1. The van der Waals surface area contributed by atoms with E-state index in [4.69, 9.17) is 0 Å². The molecule has 1 aromatic carbocycles. The quantitative estimate of drug-likeness (QED) is 0.753. The molecule has 3 aromatic rings. The summed E-state index contributed by atoms with van der Waals surface area (Å²) in [5, 5.41) is 14.5. The summed E-state index contributed by atoms with van der Waals surface area (Å²) in [6, 6.07) is 6.95. The first-order valence-electron chi connectivity index (χ1n) is 8.72. The molecule has 0 atom stereocenters. The first-order chi connectivity index (χ1) is 12.5. The molecule has 2 N–H and O–H groups in total. The number of carbonyl (C=O) groups excluding carboxylic acids is 1. The number of nitrogens with one attached hydrogen (secondary N) is 1. The molecule has 0 spiro atoms. The molecule has 134 valence electrons. The molecule has 0 unspecified atom stereocenters. The molecule has 1 amide bonds. The molecular formula is C19H20N4O3. The Bertz CT molecular complexity index is 1000. The van der Waals surface area contributed by atoms with Crippen LogP contribution in [0.3, 0.4) is 0 Å². The smallest absolute Gasteiger partial charge is 0.335 e. The number of aryl methyl sites for hydroxylation is 1. The number of aromatic carboxylic acids is 1. The van der Waals surface area contributed by atoms with Crippen LogP contribution in [-0.4, -0.2) is 43.2 Å². The van der Waals surface area contributed by atoms with Gasteiger partial charge in [-0.2, -0.15) is 5.10 Å². The Kier molecular flexibility index (Phi) is 3.99. The molecule has 0 aliphatic carbocycles. The van der Waals surface area contributed by atoms with Crippen molar-refractivity contribution in [3.63, 3.8) is 0 Å². The van der Waals surface area contributed by atoms with Crippen molar-refractivity contribution >= 4 is 22.8 Å². The maximum Gasteiger partial charge on any atom is 0.335 e. The molecular weight excluding hydrogens is 332 g/mol. The Balaban J connectivity index is 1.58. The topological polar surface area (TPSA) is 91.2 Å². The minimum Gasteiger partial charge on any atom is -0.478 e. The summed E-state index contributed by atoms with van der Waals surface area (Å²) in [4.78, 5) is 29.1. The molecule has 0 radical (unpaired) electrons. The van der Waals surface area contributed by atoms with E-state index in [2.05, 4.69) is 10.1 Å². The Hall–Kier alpha value is -3.09. The van der Waals surface area contributed by atoms with E-state index in [1.807, 2.05) is 28.8 Å². The van der Waals surface area contributed by atoms with Crippen LogP contribution in [0.2, 0.25) is 0 Å². The number of aromatic nitrogens is 3. The first-order valence-corrected chi connectivity index (χ1v) is 8.72. The van der Waals surface area contributed by atoms with Crippen LogP contribution < -0.4 is 0 Å². The number of H-pyrrole nitrogens is 1. The largest absolute Gasteiger partial charge is 0.478 e. The summed E-state index contributed by atoms with van der Waals surface area (Å²) in [5.74, 6) is -0.905. The van der Waals surface area contributed by atoms with Gasteiger partial charge in [0.25, 0.3) is 0 Å². The van der Waals surface area contributed by atoms with Crippen molar-refractivity contribution in [1.82, 2.24) is 19.7 Å². The van der Waals surface area contributed by atoms with Gasteiger partial charge >= 0.3 is 5.97 Å².